The van der Waals surface area contributed by atoms with Gasteiger partial charge in [-0.2, -0.15) is 0 Å². The van der Waals surface area contributed by atoms with Gasteiger partial charge < -0.3 is 14.5 Å². The van der Waals surface area contributed by atoms with Crippen LogP contribution in [0.2, 0.25) is 0 Å². The summed E-state index contributed by atoms with van der Waals surface area (Å²) < 4.78 is 10.8. The molecule has 18 heavy (non-hydrogen) atoms. The highest BCUT2D eigenvalue weighted by Gasteiger charge is 2.22. The lowest BCUT2D eigenvalue weighted by atomic mass is 10.1. The molecule has 1 aromatic carbocycles. The van der Waals surface area contributed by atoms with Crippen LogP contribution >= 0.6 is 0 Å². The third kappa shape index (κ3) is 2.09. The van der Waals surface area contributed by atoms with Gasteiger partial charge in [0, 0.05) is 12.1 Å². The monoisotopic (exact) mass is 245 g/mol. The lowest BCUT2D eigenvalue weighted by Crippen LogP contribution is -2.08. The van der Waals surface area contributed by atoms with Crippen LogP contribution in [0.3, 0.4) is 0 Å². The van der Waals surface area contributed by atoms with Crippen molar-refractivity contribution in [1.82, 2.24) is 15.5 Å². The van der Waals surface area contributed by atoms with Crippen molar-refractivity contribution in [2.45, 2.75) is 12.3 Å². The molecule has 3 rings (SSSR count). The van der Waals surface area contributed by atoms with Gasteiger partial charge in [-0.25, -0.2) is 0 Å². The summed E-state index contributed by atoms with van der Waals surface area (Å²) in [5.74, 6) is 2.47. The fourth-order valence-corrected chi connectivity index (χ4v) is 2.12. The zero-order chi connectivity index (χ0) is 12.4. The van der Waals surface area contributed by atoms with Gasteiger partial charge >= 0.3 is 0 Å². The summed E-state index contributed by atoms with van der Waals surface area (Å²) >= 11 is 0. The molecule has 5 heteroatoms. The second-order valence-corrected chi connectivity index (χ2v) is 4.36. The minimum absolute atomic E-state index is 0.351. The van der Waals surface area contributed by atoms with Crippen molar-refractivity contribution >= 4 is 0 Å². The Morgan fingerprint density at radius 1 is 1.28 bits per heavy atom. The highest BCUT2D eigenvalue weighted by atomic mass is 16.5. The van der Waals surface area contributed by atoms with E-state index in [1.54, 1.807) is 7.11 Å². The van der Waals surface area contributed by atoms with Crippen LogP contribution in [-0.4, -0.2) is 30.4 Å². The number of methoxy groups -OCH3 is 1. The minimum atomic E-state index is 0.351. The summed E-state index contributed by atoms with van der Waals surface area (Å²) in [5, 5.41) is 11.5. The molecule has 2 heterocycles. The molecule has 1 fully saturated rings. The molecule has 1 saturated heterocycles. The molecule has 1 aliphatic rings. The molecule has 1 aliphatic heterocycles. The summed E-state index contributed by atoms with van der Waals surface area (Å²) in [6, 6.07) is 7.61. The molecule has 1 aromatic heterocycles. The Morgan fingerprint density at radius 3 is 2.78 bits per heavy atom. The highest BCUT2D eigenvalue weighted by molar-refractivity contribution is 5.53. The zero-order valence-corrected chi connectivity index (χ0v) is 10.2. The molecule has 2 aromatic rings. The number of ether oxygens (including phenoxy) is 1. The molecular weight excluding hydrogens is 230 g/mol. The first-order valence-electron chi connectivity index (χ1n) is 6.05. The third-order valence-corrected chi connectivity index (χ3v) is 3.19. The Hall–Kier alpha value is -1.88. The summed E-state index contributed by atoms with van der Waals surface area (Å²) in [7, 11) is 1.65. The van der Waals surface area contributed by atoms with Crippen molar-refractivity contribution in [2.75, 3.05) is 20.2 Å². The Labute approximate surface area is 105 Å². The molecule has 0 aliphatic carbocycles. The molecule has 1 unspecified atom stereocenters. The molecular formula is C13H15N3O2. The van der Waals surface area contributed by atoms with Crippen LogP contribution in [0.1, 0.15) is 18.2 Å². The Kier molecular flexibility index (Phi) is 2.98. The summed E-state index contributed by atoms with van der Waals surface area (Å²) in [5.41, 5.74) is 0.917. The zero-order valence-electron chi connectivity index (χ0n) is 10.2. The van der Waals surface area contributed by atoms with E-state index < -0.39 is 0 Å². The standard InChI is InChI=1S/C13H15N3O2/c1-17-11-4-2-9(3-5-11)12-15-16-13(18-12)10-6-7-14-8-10/h2-5,10,14H,6-8H2,1H3. The van der Waals surface area contributed by atoms with Crippen molar-refractivity contribution < 1.29 is 9.15 Å². The van der Waals surface area contributed by atoms with Crippen LogP contribution in [-0.2, 0) is 0 Å². The average Bonchev–Trinajstić information content (AvgIpc) is 3.09. The fraction of sp³-hybridized carbons (Fsp3) is 0.385. The summed E-state index contributed by atoms with van der Waals surface area (Å²) in [6.45, 7) is 1.94. The Balaban J connectivity index is 1.82. The number of aromatic nitrogens is 2. The number of hydrogen-bond donors (Lipinski definition) is 1. The number of nitrogens with zero attached hydrogens (tertiary/aromatic N) is 2. The SMILES string of the molecule is COc1ccc(-c2nnc(C3CCNC3)o2)cc1. The molecule has 5 nitrogen and oxygen atoms in total. The first kappa shape index (κ1) is 11.2. The van der Waals surface area contributed by atoms with E-state index in [0.29, 0.717) is 11.8 Å². The van der Waals surface area contributed by atoms with E-state index in [9.17, 15) is 0 Å². The number of nitrogens with one attached hydrogen (secondary N) is 1. The second-order valence-electron chi connectivity index (χ2n) is 4.36. The smallest absolute Gasteiger partial charge is 0.247 e. The predicted molar refractivity (Wildman–Crippen MR) is 66.5 cm³/mol. The maximum absolute atomic E-state index is 5.72. The first-order valence-corrected chi connectivity index (χ1v) is 6.05. The predicted octanol–water partition coefficient (Wildman–Crippen LogP) is 1.82. The van der Waals surface area contributed by atoms with E-state index in [2.05, 4.69) is 15.5 Å². The summed E-state index contributed by atoms with van der Waals surface area (Å²) in [6.07, 6.45) is 1.06. The van der Waals surface area contributed by atoms with Crippen LogP contribution in [0.4, 0.5) is 0 Å². The maximum atomic E-state index is 5.72. The van der Waals surface area contributed by atoms with E-state index in [0.717, 1.165) is 36.7 Å². The Bertz CT molecular complexity index is 515. The van der Waals surface area contributed by atoms with E-state index in [4.69, 9.17) is 9.15 Å². The van der Waals surface area contributed by atoms with Gasteiger partial charge in [-0.05, 0) is 37.2 Å². The van der Waals surface area contributed by atoms with Crippen molar-refractivity contribution in [3.63, 3.8) is 0 Å². The topological polar surface area (TPSA) is 60.2 Å². The van der Waals surface area contributed by atoms with Gasteiger partial charge in [0.15, 0.2) is 0 Å². The van der Waals surface area contributed by atoms with Crippen LogP contribution in [0, 0.1) is 0 Å². The second kappa shape index (κ2) is 4.78. The van der Waals surface area contributed by atoms with E-state index in [1.807, 2.05) is 24.3 Å². The van der Waals surface area contributed by atoms with E-state index in [-0.39, 0.29) is 0 Å². The lowest BCUT2D eigenvalue weighted by Gasteiger charge is -2.01. The number of rotatable bonds is 3. The maximum Gasteiger partial charge on any atom is 0.247 e. The largest absolute Gasteiger partial charge is 0.497 e. The lowest BCUT2D eigenvalue weighted by molar-refractivity contribution is 0.414. The third-order valence-electron chi connectivity index (χ3n) is 3.19. The molecule has 0 radical (unpaired) electrons. The fourth-order valence-electron chi connectivity index (χ4n) is 2.12. The summed E-state index contributed by atoms with van der Waals surface area (Å²) in [4.78, 5) is 0. The highest BCUT2D eigenvalue weighted by Crippen LogP contribution is 2.26. The van der Waals surface area contributed by atoms with Gasteiger partial charge in [0.2, 0.25) is 11.8 Å². The van der Waals surface area contributed by atoms with Gasteiger partial charge in [0.25, 0.3) is 0 Å². The van der Waals surface area contributed by atoms with Crippen molar-refractivity contribution in [1.29, 1.82) is 0 Å². The van der Waals surface area contributed by atoms with Crippen molar-refractivity contribution in [3.05, 3.63) is 30.2 Å². The first-order chi connectivity index (χ1) is 8.86. The molecule has 0 saturated carbocycles. The van der Waals surface area contributed by atoms with Crippen molar-refractivity contribution in [3.8, 4) is 17.2 Å². The molecule has 0 amide bonds. The van der Waals surface area contributed by atoms with E-state index in [1.165, 1.54) is 0 Å². The van der Waals surface area contributed by atoms with Gasteiger partial charge in [0.05, 0.1) is 13.0 Å². The van der Waals surface area contributed by atoms with Crippen LogP contribution in [0.15, 0.2) is 28.7 Å². The van der Waals surface area contributed by atoms with Gasteiger partial charge in [-0.1, -0.05) is 0 Å². The Morgan fingerprint density at radius 2 is 2.11 bits per heavy atom. The van der Waals surface area contributed by atoms with Gasteiger partial charge in [0.1, 0.15) is 5.75 Å². The normalized spacial score (nSPS) is 19.1. The average molecular weight is 245 g/mol. The quantitative estimate of drug-likeness (QED) is 0.893. The molecule has 94 valence electrons. The molecule has 1 N–H and O–H groups in total. The molecule has 1 atom stereocenters. The van der Waals surface area contributed by atoms with Gasteiger partial charge in [-0.3, -0.25) is 0 Å². The van der Waals surface area contributed by atoms with Crippen LogP contribution < -0.4 is 10.1 Å². The number of benzene rings is 1. The molecule has 0 bridgehead atoms. The van der Waals surface area contributed by atoms with Crippen LogP contribution in [0.5, 0.6) is 5.75 Å². The molecule has 0 spiro atoms. The van der Waals surface area contributed by atoms with E-state index >= 15 is 0 Å². The van der Waals surface area contributed by atoms with Gasteiger partial charge in [-0.15, -0.1) is 10.2 Å². The number of hydrogen-bond acceptors (Lipinski definition) is 5. The van der Waals surface area contributed by atoms with Crippen LogP contribution in [0.25, 0.3) is 11.5 Å². The minimum Gasteiger partial charge on any atom is -0.497 e. The van der Waals surface area contributed by atoms with Crippen molar-refractivity contribution in [2.24, 2.45) is 0 Å².